The van der Waals surface area contributed by atoms with Crippen molar-refractivity contribution in [3.8, 4) is 11.4 Å². The highest BCUT2D eigenvalue weighted by molar-refractivity contribution is 5.83. The molecule has 0 saturated carbocycles. The van der Waals surface area contributed by atoms with Crippen molar-refractivity contribution in [3.63, 3.8) is 0 Å². The van der Waals surface area contributed by atoms with Crippen molar-refractivity contribution < 1.29 is 9.53 Å². The standard InChI is InChI=1S/C20H19N3O3/c1-14-19(20(25)23(22(14)3)17-9-5-4-6-10-17)21-13-16-8-7-11-18(12-16)26-15(2)24/h4-13H,1-3H3. The Kier molecular flexibility index (Phi) is 4.84. The van der Waals surface area contributed by atoms with E-state index in [-0.39, 0.29) is 11.5 Å². The lowest BCUT2D eigenvalue weighted by atomic mass is 10.2. The van der Waals surface area contributed by atoms with Gasteiger partial charge < -0.3 is 4.74 Å². The number of benzene rings is 2. The second-order valence-corrected chi connectivity index (χ2v) is 5.83. The molecule has 0 amide bonds. The molecule has 0 aliphatic rings. The van der Waals surface area contributed by atoms with Gasteiger partial charge in [0.2, 0.25) is 0 Å². The third kappa shape index (κ3) is 3.49. The smallest absolute Gasteiger partial charge is 0.308 e. The van der Waals surface area contributed by atoms with Crippen LogP contribution in [0.1, 0.15) is 18.2 Å². The number of rotatable bonds is 4. The lowest BCUT2D eigenvalue weighted by Gasteiger charge is -2.07. The fourth-order valence-electron chi connectivity index (χ4n) is 2.67. The molecule has 0 aliphatic carbocycles. The van der Waals surface area contributed by atoms with E-state index in [9.17, 15) is 9.59 Å². The van der Waals surface area contributed by atoms with Crippen LogP contribution in [0.15, 0.2) is 64.4 Å². The quantitative estimate of drug-likeness (QED) is 0.413. The second-order valence-electron chi connectivity index (χ2n) is 5.83. The molecular formula is C20H19N3O3. The van der Waals surface area contributed by atoms with Gasteiger partial charge in [-0.25, -0.2) is 9.67 Å². The van der Waals surface area contributed by atoms with Gasteiger partial charge >= 0.3 is 5.97 Å². The van der Waals surface area contributed by atoms with Crippen LogP contribution in [0, 0.1) is 6.92 Å². The van der Waals surface area contributed by atoms with E-state index in [0.29, 0.717) is 11.4 Å². The number of hydrogen-bond acceptors (Lipinski definition) is 4. The van der Waals surface area contributed by atoms with Crippen LogP contribution in [-0.2, 0) is 11.8 Å². The molecule has 3 aromatic rings. The van der Waals surface area contributed by atoms with Crippen LogP contribution in [0.4, 0.5) is 5.69 Å². The van der Waals surface area contributed by atoms with E-state index in [2.05, 4.69) is 4.99 Å². The predicted octanol–water partition coefficient (Wildman–Crippen LogP) is 3.16. The molecular weight excluding hydrogens is 330 g/mol. The molecule has 0 fully saturated rings. The van der Waals surface area contributed by atoms with Gasteiger partial charge in [0.25, 0.3) is 5.56 Å². The number of ether oxygens (including phenoxy) is 1. The zero-order valence-corrected chi connectivity index (χ0v) is 14.8. The molecule has 0 bridgehead atoms. The van der Waals surface area contributed by atoms with Gasteiger partial charge in [-0.1, -0.05) is 30.3 Å². The second kappa shape index (κ2) is 7.23. The molecule has 132 valence electrons. The van der Waals surface area contributed by atoms with Gasteiger partial charge in [0.05, 0.1) is 11.4 Å². The van der Waals surface area contributed by atoms with E-state index >= 15 is 0 Å². The number of aromatic nitrogens is 2. The topological polar surface area (TPSA) is 65.6 Å². The monoisotopic (exact) mass is 349 g/mol. The summed E-state index contributed by atoms with van der Waals surface area (Å²) in [5.74, 6) is 0.0525. The number of carbonyl (C=O) groups excluding carboxylic acids is 1. The number of para-hydroxylation sites is 1. The minimum atomic E-state index is -0.385. The number of carbonyl (C=O) groups is 1. The van der Waals surface area contributed by atoms with Crippen molar-refractivity contribution in [2.75, 3.05) is 0 Å². The lowest BCUT2D eigenvalue weighted by molar-refractivity contribution is -0.131. The third-order valence-electron chi connectivity index (χ3n) is 3.99. The highest BCUT2D eigenvalue weighted by Crippen LogP contribution is 2.18. The maximum atomic E-state index is 12.8. The summed E-state index contributed by atoms with van der Waals surface area (Å²) in [6, 6.07) is 16.4. The van der Waals surface area contributed by atoms with Crippen LogP contribution in [0.2, 0.25) is 0 Å². The first-order chi connectivity index (χ1) is 12.5. The number of esters is 1. The Labute approximate surface area is 151 Å². The molecule has 0 aliphatic heterocycles. The largest absolute Gasteiger partial charge is 0.427 e. The molecule has 6 nitrogen and oxygen atoms in total. The van der Waals surface area contributed by atoms with Crippen molar-refractivity contribution >= 4 is 17.9 Å². The van der Waals surface area contributed by atoms with Gasteiger partial charge in [0, 0.05) is 20.2 Å². The summed E-state index contributed by atoms with van der Waals surface area (Å²) in [5, 5.41) is 0. The molecule has 0 radical (unpaired) electrons. The highest BCUT2D eigenvalue weighted by Gasteiger charge is 2.14. The van der Waals surface area contributed by atoms with Crippen LogP contribution in [0.3, 0.4) is 0 Å². The maximum absolute atomic E-state index is 12.8. The summed E-state index contributed by atoms with van der Waals surface area (Å²) in [4.78, 5) is 28.3. The van der Waals surface area contributed by atoms with Gasteiger partial charge in [-0.3, -0.25) is 14.3 Å². The first-order valence-corrected chi connectivity index (χ1v) is 8.14. The van der Waals surface area contributed by atoms with Gasteiger partial charge in [0.1, 0.15) is 5.75 Å². The van der Waals surface area contributed by atoms with E-state index < -0.39 is 0 Å². The molecule has 1 heterocycles. The zero-order chi connectivity index (χ0) is 18.7. The van der Waals surface area contributed by atoms with Crippen molar-refractivity contribution in [3.05, 3.63) is 76.2 Å². The molecule has 0 unspecified atom stereocenters. The fraction of sp³-hybridized carbons (Fsp3) is 0.150. The van der Waals surface area contributed by atoms with E-state index in [4.69, 9.17) is 4.74 Å². The molecule has 1 aromatic heterocycles. The summed E-state index contributed by atoms with van der Waals surface area (Å²) in [6.45, 7) is 3.20. The Morgan fingerprint density at radius 3 is 2.54 bits per heavy atom. The molecule has 3 rings (SSSR count). The van der Waals surface area contributed by atoms with Gasteiger partial charge in [0.15, 0.2) is 5.69 Å². The Balaban J connectivity index is 1.98. The average molecular weight is 349 g/mol. The van der Waals surface area contributed by atoms with E-state index in [0.717, 1.165) is 16.9 Å². The van der Waals surface area contributed by atoms with Crippen LogP contribution in [0.5, 0.6) is 5.75 Å². The first-order valence-electron chi connectivity index (χ1n) is 8.14. The Bertz CT molecular complexity index is 1030. The summed E-state index contributed by atoms with van der Waals surface area (Å²) < 4.78 is 8.42. The molecule has 0 atom stereocenters. The van der Waals surface area contributed by atoms with Crippen LogP contribution < -0.4 is 10.3 Å². The van der Waals surface area contributed by atoms with Gasteiger partial charge in [-0.15, -0.1) is 0 Å². The predicted molar refractivity (Wildman–Crippen MR) is 101 cm³/mol. The minimum Gasteiger partial charge on any atom is -0.427 e. The van der Waals surface area contributed by atoms with Crippen LogP contribution >= 0.6 is 0 Å². The molecule has 0 saturated heterocycles. The third-order valence-corrected chi connectivity index (χ3v) is 3.99. The van der Waals surface area contributed by atoms with Crippen molar-refractivity contribution in [2.24, 2.45) is 12.0 Å². The lowest BCUT2D eigenvalue weighted by Crippen LogP contribution is -2.19. The van der Waals surface area contributed by atoms with E-state index in [1.165, 1.54) is 6.92 Å². The van der Waals surface area contributed by atoms with Crippen molar-refractivity contribution in [2.45, 2.75) is 13.8 Å². The zero-order valence-electron chi connectivity index (χ0n) is 14.8. The first kappa shape index (κ1) is 17.4. The molecule has 2 aromatic carbocycles. The Morgan fingerprint density at radius 2 is 1.85 bits per heavy atom. The molecule has 0 spiro atoms. The summed E-state index contributed by atoms with van der Waals surface area (Å²) in [5.41, 5.74) is 2.45. The SMILES string of the molecule is CC(=O)Oc1cccc(C=Nc2c(C)n(C)n(-c3ccccc3)c2=O)c1. The number of nitrogens with zero attached hydrogens (tertiary/aromatic N) is 3. The van der Waals surface area contributed by atoms with Crippen LogP contribution in [-0.4, -0.2) is 21.5 Å². The Morgan fingerprint density at radius 1 is 1.12 bits per heavy atom. The summed E-state index contributed by atoms with van der Waals surface area (Å²) in [7, 11) is 1.82. The summed E-state index contributed by atoms with van der Waals surface area (Å²) in [6.07, 6.45) is 1.59. The normalized spacial score (nSPS) is 11.0. The maximum Gasteiger partial charge on any atom is 0.308 e. The number of aliphatic imine (C=N–C) groups is 1. The molecule has 0 N–H and O–H groups in total. The van der Waals surface area contributed by atoms with Crippen molar-refractivity contribution in [1.29, 1.82) is 0 Å². The van der Waals surface area contributed by atoms with Crippen LogP contribution in [0.25, 0.3) is 5.69 Å². The van der Waals surface area contributed by atoms with E-state index in [1.54, 1.807) is 33.8 Å². The molecule has 26 heavy (non-hydrogen) atoms. The van der Waals surface area contributed by atoms with Gasteiger partial charge in [-0.2, -0.15) is 0 Å². The number of hydrogen-bond donors (Lipinski definition) is 0. The van der Waals surface area contributed by atoms with Crippen molar-refractivity contribution in [1.82, 2.24) is 9.36 Å². The molecule has 6 heteroatoms. The summed E-state index contributed by atoms with van der Waals surface area (Å²) >= 11 is 0. The average Bonchev–Trinajstić information content (AvgIpc) is 2.83. The van der Waals surface area contributed by atoms with Gasteiger partial charge in [-0.05, 0) is 36.8 Å². The minimum absolute atomic E-state index is 0.191. The van der Waals surface area contributed by atoms with E-state index in [1.807, 2.05) is 50.4 Å². The fourth-order valence-corrected chi connectivity index (χ4v) is 2.67. The highest BCUT2D eigenvalue weighted by atomic mass is 16.5. The Hall–Kier alpha value is -3.41.